The highest BCUT2D eigenvalue weighted by Crippen LogP contribution is 2.24. The lowest BCUT2D eigenvalue weighted by atomic mass is 10.3. The number of carbonyl (C=O) groups excluding carboxylic acids is 1. The summed E-state index contributed by atoms with van der Waals surface area (Å²) in [5.74, 6) is 0.284. The SMILES string of the molecule is CC(C(=O)NCc1ccco1)S(=O)c1cc(N)ccc1Cl. The molecule has 1 aromatic carbocycles. The van der Waals surface area contributed by atoms with Crippen molar-refractivity contribution in [1.82, 2.24) is 5.32 Å². The molecule has 0 saturated carbocycles. The molecule has 112 valence electrons. The quantitative estimate of drug-likeness (QED) is 0.826. The van der Waals surface area contributed by atoms with Crippen LogP contribution in [-0.2, 0) is 22.1 Å². The van der Waals surface area contributed by atoms with Gasteiger partial charge in [-0.1, -0.05) is 11.6 Å². The van der Waals surface area contributed by atoms with Crippen LogP contribution in [0.3, 0.4) is 0 Å². The molecule has 2 rings (SSSR count). The summed E-state index contributed by atoms with van der Waals surface area (Å²) in [6, 6.07) is 8.18. The third-order valence-electron chi connectivity index (χ3n) is 2.88. The topological polar surface area (TPSA) is 85.3 Å². The van der Waals surface area contributed by atoms with Crippen LogP contribution in [-0.4, -0.2) is 15.4 Å². The Morgan fingerprint density at radius 1 is 1.48 bits per heavy atom. The Kier molecular flexibility index (Phi) is 5.03. The van der Waals surface area contributed by atoms with Crippen molar-refractivity contribution in [1.29, 1.82) is 0 Å². The molecule has 0 aliphatic carbocycles. The van der Waals surface area contributed by atoms with E-state index in [4.69, 9.17) is 21.8 Å². The van der Waals surface area contributed by atoms with E-state index in [0.29, 0.717) is 21.4 Å². The van der Waals surface area contributed by atoms with Crippen molar-refractivity contribution in [3.05, 3.63) is 47.4 Å². The second-order valence-electron chi connectivity index (χ2n) is 4.43. The van der Waals surface area contributed by atoms with E-state index in [1.165, 1.54) is 12.3 Å². The molecular weight excluding hydrogens is 312 g/mol. The van der Waals surface area contributed by atoms with E-state index < -0.39 is 16.0 Å². The Morgan fingerprint density at radius 3 is 2.90 bits per heavy atom. The average Bonchev–Trinajstić information content (AvgIpc) is 2.99. The number of hydrogen-bond donors (Lipinski definition) is 2. The molecule has 1 heterocycles. The second-order valence-corrected chi connectivity index (χ2v) is 6.58. The minimum absolute atomic E-state index is 0.248. The maximum absolute atomic E-state index is 12.4. The molecule has 2 aromatic rings. The molecule has 0 spiro atoms. The Balaban J connectivity index is 2.04. The number of nitrogen functional groups attached to an aromatic ring is 1. The number of benzene rings is 1. The molecule has 7 heteroatoms. The van der Waals surface area contributed by atoms with E-state index >= 15 is 0 Å². The number of anilines is 1. The van der Waals surface area contributed by atoms with Crippen molar-refractivity contribution in [3.63, 3.8) is 0 Å². The van der Waals surface area contributed by atoms with Crippen molar-refractivity contribution < 1.29 is 13.4 Å². The Bertz CT molecular complexity index is 658. The van der Waals surface area contributed by atoms with Crippen LogP contribution < -0.4 is 11.1 Å². The van der Waals surface area contributed by atoms with E-state index in [1.807, 2.05) is 0 Å². The van der Waals surface area contributed by atoms with Crippen LogP contribution in [0.5, 0.6) is 0 Å². The second kappa shape index (κ2) is 6.78. The van der Waals surface area contributed by atoms with Gasteiger partial charge in [0.05, 0.1) is 33.5 Å². The first kappa shape index (κ1) is 15.6. The molecule has 2 unspecified atom stereocenters. The molecule has 0 radical (unpaired) electrons. The highest BCUT2D eigenvalue weighted by Gasteiger charge is 2.23. The third-order valence-corrected chi connectivity index (χ3v) is 4.95. The molecule has 2 atom stereocenters. The van der Waals surface area contributed by atoms with Gasteiger partial charge in [-0.05, 0) is 37.3 Å². The van der Waals surface area contributed by atoms with Crippen LogP contribution in [0.2, 0.25) is 5.02 Å². The largest absolute Gasteiger partial charge is 0.467 e. The van der Waals surface area contributed by atoms with Gasteiger partial charge in [-0.15, -0.1) is 0 Å². The van der Waals surface area contributed by atoms with Gasteiger partial charge in [0.15, 0.2) is 0 Å². The van der Waals surface area contributed by atoms with E-state index in [0.717, 1.165) is 0 Å². The van der Waals surface area contributed by atoms with Gasteiger partial charge in [-0.2, -0.15) is 0 Å². The van der Waals surface area contributed by atoms with Gasteiger partial charge in [0, 0.05) is 5.69 Å². The molecule has 21 heavy (non-hydrogen) atoms. The maximum atomic E-state index is 12.4. The fraction of sp³-hybridized carbons (Fsp3) is 0.214. The summed E-state index contributed by atoms with van der Waals surface area (Å²) in [5, 5.41) is 2.25. The van der Waals surface area contributed by atoms with Crippen molar-refractivity contribution in [3.8, 4) is 0 Å². The van der Waals surface area contributed by atoms with E-state index in [9.17, 15) is 9.00 Å². The first-order valence-corrected chi connectivity index (χ1v) is 7.84. The molecule has 1 aromatic heterocycles. The van der Waals surface area contributed by atoms with Crippen molar-refractivity contribution in [2.45, 2.75) is 23.6 Å². The first-order valence-electron chi connectivity index (χ1n) is 6.24. The third kappa shape index (κ3) is 3.86. The van der Waals surface area contributed by atoms with Gasteiger partial charge in [0.25, 0.3) is 0 Å². The van der Waals surface area contributed by atoms with Crippen LogP contribution in [0.15, 0.2) is 45.9 Å². The minimum Gasteiger partial charge on any atom is -0.467 e. The van der Waals surface area contributed by atoms with Gasteiger partial charge in [-0.25, -0.2) is 0 Å². The standard InChI is InChI=1S/C14H15ClN2O3S/c1-9(14(18)17-8-11-3-2-6-20-11)21(19)13-7-10(16)4-5-12(13)15/h2-7,9H,8,16H2,1H3,(H,17,18). The number of furan rings is 1. The molecular formula is C14H15ClN2O3S. The predicted octanol–water partition coefficient (Wildman–Crippen LogP) is 2.33. The van der Waals surface area contributed by atoms with E-state index in [1.54, 1.807) is 31.2 Å². The summed E-state index contributed by atoms with van der Waals surface area (Å²) in [6.45, 7) is 1.82. The number of amides is 1. The van der Waals surface area contributed by atoms with Crippen molar-refractivity contribution in [2.24, 2.45) is 0 Å². The number of rotatable bonds is 5. The number of hydrogen-bond acceptors (Lipinski definition) is 4. The van der Waals surface area contributed by atoms with Gasteiger partial charge in [0.2, 0.25) is 5.91 Å². The summed E-state index contributed by atoms with van der Waals surface area (Å²) < 4.78 is 17.5. The molecule has 0 aliphatic heterocycles. The van der Waals surface area contributed by atoms with Crippen molar-refractivity contribution in [2.75, 3.05) is 5.73 Å². The number of carbonyl (C=O) groups is 1. The van der Waals surface area contributed by atoms with Gasteiger partial charge in [0.1, 0.15) is 11.0 Å². The van der Waals surface area contributed by atoms with Crippen LogP contribution in [0.1, 0.15) is 12.7 Å². The fourth-order valence-corrected chi connectivity index (χ4v) is 3.21. The van der Waals surface area contributed by atoms with E-state index in [-0.39, 0.29) is 12.5 Å². The minimum atomic E-state index is -1.58. The average molecular weight is 327 g/mol. The highest BCUT2D eigenvalue weighted by atomic mass is 35.5. The number of nitrogens with one attached hydrogen (secondary N) is 1. The zero-order chi connectivity index (χ0) is 15.4. The Labute approximate surface area is 129 Å². The van der Waals surface area contributed by atoms with E-state index in [2.05, 4.69) is 5.32 Å². The zero-order valence-electron chi connectivity index (χ0n) is 11.3. The zero-order valence-corrected chi connectivity index (χ0v) is 12.9. The molecule has 0 bridgehead atoms. The monoisotopic (exact) mass is 326 g/mol. The van der Waals surface area contributed by atoms with Gasteiger partial charge >= 0.3 is 0 Å². The van der Waals surface area contributed by atoms with Crippen LogP contribution in [0.4, 0.5) is 5.69 Å². The Hall–Kier alpha value is -1.79. The smallest absolute Gasteiger partial charge is 0.236 e. The lowest BCUT2D eigenvalue weighted by Gasteiger charge is -2.13. The summed E-state index contributed by atoms with van der Waals surface area (Å²) in [6.07, 6.45) is 1.52. The highest BCUT2D eigenvalue weighted by molar-refractivity contribution is 7.86. The lowest BCUT2D eigenvalue weighted by molar-refractivity contribution is -0.120. The Morgan fingerprint density at radius 2 is 2.24 bits per heavy atom. The molecule has 5 nitrogen and oxygen atoms in total. The summed E-state index contributed by atoms with van der Waals surface area (Å²) in [7, 11) is -1.58. The van der Waals surface area contributed by atoms with Crippen molar-refractivity contribution >= 4 is 34.0 Å². The lowest BCUT2D eigenvalue weighted by Crippen LogP contribution is -2.35. The maximum Gasteiger partial charge on any atom is 0.236 e. The first-order chi connectivity index (χ1) is 9.99. The predicted molar refractivity (Wildman–Crippen MR) is 82.3 cm³/mol. The summed E-state index contributed by atoms with van der Waals surface area (Å²) in [5.41, 5.74) is 6.11. The number of nitrogens with two attached hydrogens (primary N) is 1. The van der Waals surface area contributed by atoms with Gasteiger partial charge in [-0.3, -0.25) is 9.00 Å². The molecule has 0 fully saturated rings. The van der Waals surface area contributed by atoms with Gasteiger partial charge < -0.3 is 15.5 Å². The molecule has 0 aliphatic rings. The number of halogens is 1. The van der Waals surface area contributed by atoms with Crippen LogP contribution in [0.25, 0.3) is 0 Å². The summed E-state index contributed by atoms with van der Waals surface area (Å²) in [4.78, 5) is 12.4. The summed E-state index contributed by atoms with van der Waals surface area (Å²) >= 11 is 6.00. The molecule has 3 N–H and O–H groups in total. The normalized spacial score (nSPS) is 13.6. The molecule has 1 amide bonds. The van der Waals surface area contributed by atoms with Crippen LogP contribution in [0, 0.1) is 0 Å². The fourth-order valence-electron chi connectivity index (χ4n) is 1.69. The molecule has 0 saturated heterocycles. The van der Waals surface area contributed by atoms with Crippen LogP contribution >= 0.6 is 11.6 Å².